The minimum absolute atomic E-state index is 0.0230. The molecule has 1 N–H and O–H groups in total. The molecule has 3 aliphatic rings. The molecule has 6 unspecified atom stereocenters. The highest BCUT2D eigenvalue weighted by Crippen LogP contribution is 2.81. The molecule has 2 saturated carbocycles. The van der Waals surface area contributed by atoms with Crippen molar-refractivity contribution >= 4 is 23.1 Å². The van der Waals surface area contributed by atoms with E-state index in [4.69, 9.17) is 5.41 Å². The molecule has 7 atom stereocenters. The summed E-state index contributed by atoms with van der Waals surface area (Å²) in [7, 11) is 0. The predicted molar refractivity (Wildman–Crippen MR) is 128 cm³/mol. The fourth-order valence-electron chi connectivity index (χ4n) is 7.42. The number of carbonyl (C=O) groups is 1. The summed E-state index contributed by atoms with van der Waals surface area (Å²) in [6.07, 6.45) is 4.77. The zero-order chi connectivity index (χ0) is 23.3. The van der Waals surface area contributed by atoms with Crippen molar-refractivity contribution in [2.45, 2.75) is 64.7 Å². The van der Waals surface area contributed by atoms with Crippen LogP contribution in [-0.2, 0) is 21.3 Å². The van der Waals surface area contributed by atoms with Crippen molar-refractivity contribution in [2.24, 2.45) is 23.2 Å². The largest absolute Gasteiger partial charge is 0.772 e. The van der Waals surface area contributed by atoms with Crippen molar-refractivity contribution in [1.82, 2.24) is 4.90 Å². The molecule has 0 radical (unpaired) electrons. The van der Waals surface area contributed by atoms with Crippen LogP contribution in [0.3, 0.4) is 0 Å². The van der Waals surface area contributed by atoms with Gasteiger partial charge < -0.3 is 19.7 Å². The number of rotatable bonds is 8. The molecule has 1 heterocycles. The fourth-order valence-corrected chi connectivity index (χ4v) is 8.21. The van der Waals surface area contributed by atoms with Gasteiger partial charge in [0.25, 0.3) is 0 Å². The van der Waals surface area contributed by atoms with Crippen LogP contribution in [0.15, 0.2) is 18.2 Å². The van der Waals surface area contributed by atoms with Crippen LogP contribution in [0.1, 0.15) is 69.1 Å². The fraction of sp³-hybridized carbons (Fsp3) is 0.692. The van der Waals surface area contributed by atoms with Gasteiger partial charge in [0, 0.05) is 35.3 Å². The van der Waals surface area contributed by atoms with Crippen LogP contribution in [-0.4, -0.2) is 51.0 Å². The smallest absolute Gasteiger partial charge is 0.123 e. The van der Waals surface area contributed by atoms with Crippen LogP contribution in [0, 0.1) is 35.5 Å². The maximum atomic E-state index is 11.9. The number of aryl methyl sites for hydroxylation is 1. The van der Waals surface area contributed by atoms with Gasteiger partial charge in [-0.05, 0) is 86.6 Å². The molecule has 6 heteroatoms. The van der Waals surface area contributed by atoms with Gasteiger partial charge >= 0.3 is 0 Å². The second-order valence-corrected chi connectivity index (χ2v) is 11.6. The average Bonchev–Trinajstić information content (AvgIpc) is 3.31. The van der Waals surface area contributed by atoms with E-state index in [1.54, 1.807) is 0 Å². The summed E-state index contributed by atoms with van der Waals surface area (Å²) in [6.45, 7) is 11.4. The minimum atomic E-state index is -2.04. The standard InChI is InChI=1S/C26H38N2O3S/c1-5-28-11-9-20(15-29)22(14-28)19-7-6-17(2)23(13-19)25(4)24(12-18(3)27)26(25)10-8-21(26)16-32(30)31/h6-7,13,15,20-22,24,27H,5,8-12,14,16H2,1-4H3,(H,30,31)/p-1/t20?,21?,22?,24-,25?,26?/m1/s1. The monoisotopic (exact) mass is 457 g/mol. The zero-order valence-electron chi connectivity index (χ0n) is 19.9. The Morgan fingerprint density at radius 3 is 2.69 bits per heavy atom. The summed E-state index contributed by atoms with van der Waals surface area (Å²) < 4.78 is 23.1. The summed E-state index contributed by atoms with van der Waals surface area (Å²) in [6, 6.07) is 6.72. The number of nitrogens with one attached hydrogen (secondary N) is 1. The van der Waals surface area contributed by atoms with Crippen LogP contribution in [0.4, 0.5) is 0 Å². The highest BCUT2D eigenvalue weighted by Gasteiger charge is 2.79. The second kappa shape index (κ2) is 8.77. The van der Waals surface area contributed by atoms with E-state index in [1.807, 2.05) is 6.92 Å². The Balaban J connectivity index is 1.73. The Hall–Kier alpha value is -1.37. The maximum Gasteiger partial charge on any atom is 0.123 e. The van der Waals surface area contributed by atoms with Crippen molar-refractivity contribution in [1.29, 1.82) is 5.41 Å². The Kier molecular flexibility index (Phi) is 6.51. The first-order valence-electron chi connectivity index (χ1n) is 12.1. The van der Waals surface area contributed by atoms with Crippen LogP contribution in [0.2, 0.25) is 0 Å². The third kappa shape index (κ3) is 3.63. The van der Waals surface area contributed by atoms with Crippen molar-refractivity contribution in [3.8, 4) is 0 Å². The first-order chi connectivity index (χ1) is 15.2. The quantitative estimate of drug-likeness (QED) is 0.360. The number of aldehydes is 1. The van der Waals surface area contributed by atoms with Gasteiger partial charge in [-0.3, -0.25) is 4.21 Å². The topological polar surface area (TPSA) is 84.3 Å². The normalized spacial score (nSPS) is 37.7. The SMILES string of the molecule is CCN1CCC(C=O)C(c2ccc(C)c(C3(C)[C@@H](CC(C)=N)C34CCC4CS(=O)[O-])c2)C1. The predicted octanol–water partition coefficient (Wildman–Crippen LogP) is 4.21. The van der Waals surface area contributed by atoms with E-state index in [0.717, 1.165) is 51.6 Å². The first kappa shape index (κ1) is 23.8. The third-order valence-electron chi connectivity index (χ3n) is 9.31. The van der Waals surface area contributed by atoms with Gasteiger partial charge in [0.1, 0.15) is 6.29 Å². The Bertz CT molecular complexity index is 934. The van der Waals surface area contributed by atoms with Gasteiger partial charge in [-0.15, -0.1) is 0 Å². The van der Waals surface area contributed by atoms with Gasteiger partial charge in [-0.25, -0.2) is 0 Å². The van der Waals surface area contributed by atoms with Crippen molar-refractivity contribution in [2.75, 3.05) is 25.4 Å². The summed E-state index contributed by atoms with van der Waals surface area (Å²) >= 11 is -2.04. The molecule has 1 saturated heterocycles. The Morgan fingerprint density at radius 2 is 2.12 bits per heavy atom. The number of hydrogen-bond donors (Lipinski definition) is 1. The number of likely N-dealkylation sites (tertiary alicyclic amines) is 1. The lowest BCUT2D eigenvalue weighted by Crippen LogP contribution is -2.40. The number of carbonyl (C=O) groups excluding carboxylic acids is 1. The summed E-state index contributed by atoms with van der Waals surface area (Å²) in [5.41, 5.74) is 4.31. The van der Waals surface area contributed by atoms with Gasteiger partial charge in [-0.1, -0.05) is 43.1 Å². The molecule has 3 fully saturated rings. The molecule has 32 heavy (non-hydrogen) atoms. The number of nitrogens with zero attached hydrogens (tertiary/aromatic N) is 1. The molecule has 4 rings (SSSR count). The molecule has 5 nitrogen and oxygen atoms in total. The summed E-state index contributed by atoms with van der Waals surface area (Å²) in [5, 5.41) is 8.17. The van der Waals surface area contributed by atoms with Crippen molar-refractivity contribution < 1.29 is 13.6 Å². The molecule has 0 aromatic heterocycles. The number of likely N-dealkylation sites (N-methyl/N-ethyl adjacent to an activating group) is 1. The lowest BCUT2D eigenvalue weighted by Gasteiger charge is -2.43. The first-order valence-corrected chi connectivity index (χ1v) is 13.3. The third-order valence-corrected chi connectivity index (χ3v) is 9.98. The van der Waals surface area contributed by atoms with E-state index in [0.29, 0.717) is 11.6 Å². The zero-order valence-corrected chi connectivity index (χ0v) is 20.7. The molecular formula is C26H37N2O3S-. The molecular weight excluding hydrogens is 420 g/mol. The average molecular weight is 458 g/mol. The lowest BCUT2D eigenvalue weighted by atomic mass is 9.64. The highest BCUT2D eigenvalue weighted by molar-refractivity contribution is 7.79. The maximum absolute atomic E-state index is 11.9. The van der Waals surface area contributed by atoms with E-state index in [1.165, 1.54) is 16.7 Å². The second-order valence-electron chi connectivity index (χ2n) is 10.6. The van der Waals surface area contributed by atoms with E-state index < -0.39 is 11.1 Å². The van der Waals surface area contributed by atoms with E-state index in [9.17, 15) is 13.6 Å². The van der Waals surface area contributed by atoms with E-state index >= 15 is 0 Å². The van der Waals surface area contributed by atoms with Crippen molar-refractivity contribution in [3.63, 3.8) is 0 Å². The van der Waals surface area contributed by atoms with Gasteiger partial charge in [-0.2, -0.15) is 0 Å². The number of piperidine rings is 1. The van der Waals surface area contributed by atoms with Crippen LogP contribution in [0.5, 0.6) is 0 Å². The van der Waals surface area contributed by atoms with Crippen LogP contribution >= 0.6 is 0 Å². The molecule has 1 spiro atoms. The number of hydrogen-bond acceptors (Lipinski definition) is 5. The summed E-state index contributed by atoms with van der Waals surface area (Å²) in [5.74, 6) is 0.958. The van der Waals surface area contributed by atoms with Crippen LogP contribution in [0.25, 0.3) is 0 Å². The highest BCUT2D eigenvalue weighted by atomic mass is 32.2. The molecule has 176 valence electrons. The molecule has 1 aliphatic heterocycles. The Morgan fingerprint density at radius 1 is 1.38 bits per heavy atom. The Labute approximate surface area is 195 Å². The molecule has 1 aromatic carbocycles. The minimum Gasteiger partial charge on any atom is -0.772 e. The van der Waals surface area contributed by atoms with Gasteiger partial charge in [0.05, 0.1) is 0 Å². The van der Waals surface area contributed by atoms with Gasteiger partial charge in [0.15, 0.2) is 0 Å². The lowest BCUT2D eigenvalue weighted by molar-refractivity contribution is -0.113. The van der Waals surface area contributed by atoms with Gasteiger partial charge in [0.2, 0.25) is 0 Å². The molecule has 0 amide bonds. The van der Waals surface area contributed by atoms with E-state index in [2.05, 4.69) is 43.9 Å². The van der Waals surface area contributed by atoms with Crippen molar-refractivity contribution in [3.05, 3.63) is 34.9 Å². The van der Waals surface area contributed by atoms with Crippen LogP contribution < -0.4 is 0 Å². The summed E-state index contributed by atoms with van der Waals surface area (Å²) in [4.78, 5) is 14.3. The molecule has 0 bridgehead atoms. The van der Waals surface area contributed by atoms with E-state index in [-0.39, 0.29) is 34.3 Å². The molecule has 1 aromatic rings. The molecule has 2 aliphatic carbocycles. The number of benzene rings is 1.